The molecule has 1 aromatic rings. The number of methoxy groups -OCH3 is 2. The van der Waals surface area contributed by atoms with Crippen molar-refractivity contribution >= 4 is 5.91 Å². The van der Waals surface area contributed by atoms with E-state index in [1.165, 1.54) is 0 Å². The molecule has 0 aliphatic carbocycles. The van der Waals surface area contributed by atoms with Gasteiger partial charge < -0.3 is 20.1 Å². The Morgan fingerprint density at radius 3 is 2.41 bits per heavy atom. The predicted octanol–water partition coefficient (Wildman–Crippen LogP) is 2.21. The van der Waals surface area contributed by atoms with E-state index in [0.29, 0.717) is 29.5 Å². The van der Waals surface area contributed by atoms with Crippen molar-refractivity contribution in [1.82, 2.24) is 4.90 Å². The van der Waals surface area contributed by atoms with Crippen LogP contribution in [0.1, 0.15) is 35.7 Å². The lowest BCUT2D eigenvalue weighted by atomic mass is 9.90. The first-order valence-corrected chi connectivity index (χ1v) is 7.77. The summed E-state index contributed by atoms with van der Waals surface area (Å²) in [6.07, 6.45) is 2.13. The van der Waals surface area contributed by atoms with Crippen LogP contribution < -0.4 is 15.2 Å². The summed E-state index contributed by atoms with van der Waals surface area (Å²) in [6, 6.07) is 3.67. The number of carbonyl (C=O) groups excluding carboxylic acids is 1. The number of nitrogens with two attached hydrogens (primary N) is 1. The van der Waals surface area contributed by atoms with Gasteiger partial charge in [-0.2, -0.15) is 0 Å². The second-order valence-corrected chi connectivity index (χ2v) is 5.93. The van der Waals surface area contributed by atoms with Crippen molar-refractivity contribution in [2.24, 2.45) is 11.7 Å². The summed E-state index contributed by atoms with van der Waals surface area (Å²) in [4.78, 5) is 14.8. The molecule has 5 heteroatoms. The highest BCUT2D eigenvalue weighted by Gasteiger charge is 2.31. The fourth-order valence-electron chi connectivity index (χ4n) is 3.24. The summed E-state index contributed by atoms with van der Waals surface area (Å²) >= 11 is 0. The molecule has 0 radical (unpaired) electrons. The van der Waals surface area contributed by atoms with Gasteiger partial charge in [0, 0.05) is 30.3 Å². The number of ether oxygens (including phenoxy) is 2. The Kier molecular flexibility index (Phi) is 5.29. The van der Waals surface area contributed by atoms with Crippen LogP contribution in [0.4, 0.5) is 0 Å². The van der Waals surface area contributed by atoms with Crippen LogP contribution in [0, 0.1) is 12.8 Å². The summed E-state index contributed by atoms with van der Waals surface area (Å²) in [5.74, 6) is 1.75. The molecule has 1 fully saturated rings. The molecule has 0 spiro atoms. The van der Waals surface area contributed by atoms with Gasteiger partial charge in [-0.05, 0) is 37.8 Å². The van der Waals surface area contributed by atoms with E-state index >= 15 is 0 Å². The van der Waals surface area contributed by atoms with Gasteiger partial charge >= 0.3 is 0 Å². The Balaban J connectivity index is 2.36. The average Bonchev–Trinajstić information content (AvgIpc) is 2.54. The summed E-state index contributed by atoms with van der Waals surface area (Å²) in [6.45, 7) is 5.32. The highest BCUT2D eigenvalue weighted by atomic mass is 16.5. The van der Waals surface area contributed by atoms with E-state index in [0.717, 1.165) is 24.9 Å². The predicted molar refractivity (Wildman–Crippen MR) is 86.6 cm³/mol. The SMILES string of the molecule is COc1cc(C(=O)N2CCCC(C)C2CN)cc(OC)c1C. The van der Waals surface area contributed by atoms with Crippen LogP contribution in [0.2, 0.25) is 0 Å². The van der Waals surface area contributed by atoms with E-state index in [2.05, 4.69) is 6.92 Å². The molecule has 2 N–H and O–H groups in total. The minimum absolute atomic E-state index is 0.00130. The fraction of sp³-hybridized carbons (Fsp3) is 0.588. The topological polar surface area (TPSA) is 64.8 Å². The minimum Gasteiger partial charge on any atom is -0.496 e. The van der Waals surface area contributed by atoms with Crippen LogP contribution in [0.5, 0.6) is 11.5 Å². The number of piperidine rings is 1. The molecule has 122 valence electrons. The molecule has 1 saturated heterocycles. The van der Waals surface area contributed by atoms with Crippen LogP contribution >= 0.6 is 0 Å². The molecule has 2 rings (SSSR count). The van der Waals surface area contributed by atoms with E-state index in [-0.39, 0.29) is 11.9 Å². The lowest BCUT2D eigenvalue weighted by Gasteiger charge is -2.39. The number of carbonyl (C=O) groups is 1. The smallest absolute Gasteiger partial charge is 0.254 e. The summed E-state index contributed by atoms with van der Waals surface area (Å²) in [5.41, 5.74) is 7.38. The molecule has 1 heterocycles. The second-order valence-electron chi connectivity index (χ2n) is 5.93. The average molecular weight is 306 g/mol. The molecule has 1 aliphatic rings. The highest BCUT2D eigenvalue weighted by molar-refractivity contribution is 5.95. The fourth-order valence-corrected chi connectivity index (χ4v) is 3.24. The van der Waals surface area contributed by atoms with Gasteiger partial charge in [-0.3, -0.25) is 4.79 Å². The maximum absolute atomic E-state index is 12.9. The lowest BCUT2D eigenvalue weighted by molar-refractivity contribution is 0.0532. The Labute approximate surface area is 132 Å². The normalized spacial score (nSPS) is 21.6. The van der Waals surface area contributed by atoms with Crippen molar-refractivity contribution in [1.29, 1.82) is 0 Å². The lowest BCUT2D eigenvalue weighted by Crippen LogP contribution is -2.51. The molecule has 1 amide bonds. The van der Waals surface area contributed by atoms with Gasteiger partial charge in [0.1, 0.15) is 11.5 Å². The molecule has 0 bridgehead atoms. The van der Waals surface area contributed by atoms with Crippen molar-refractivity contribution < 1.29 is 14.3 Å². The Morgan fingerprint density at radius 2 is 1.91 bits per heavy atom. The van der Waals surface area contributed by atoms with Gasteiger partial charge in [0.15, 0.2) is 0 Å². The third-order valence-electron chi connectivity index (χ3n) is 4.62. The van der Waals surface area contributed by atoms with E-state index in [1.807, 2.05) is 11.8 Å². The van der Waals surface area contributed by atoms with Crippen LogP contribution in [-0.2, 0) is 0 Å². The maximum atomic E-state index is 12.9. The van der Waals surface area contributed by atoms with Crippen molar-refractivity contribution in [3.8, 4) is 11.5 Å². The van der Waals surface area contributed by atoms with E-state index in [4.69, 9.17) is 15.2 Å². The summed E-state index contributed by atoms with van der Waals surface area (Å²) in [7, 11) is 3.20. The number of nitrogens with zero attached hydrogens (tertiary/aromatic N) is 1. The monoisotopic (exact) mass is 306 g/mol. The minimum atomic E-state index is -0.00130. The molecule has 1 aliphatic heterocycles. The number of rotatable bonds is 4. The Morgan fingerprint density at radius 1 is 1.32 bits per heavy atom. The molecular formula is C17H26N2O3. The van der Waals surface area contributed by atoms with Gasteiger partial charge in [0.05, 0.1) is 14.2 Å². The maximum Gasteiger partial charge on any atom is 0.254 e. The second kappa shape index (κ2) is 7.01. The number of benzene rings is 1. The van der Waals surface area contributed by atoms with Crippen molar-refractivity contribution in [2.45, 2.75) is 32.7 Å². The number of hydrogen-bond donors (Lipinski definition) is 1. The van der Waals surface area contributed by atoms with Crippen molar-refractivity contribution in [2.75, 3.05) is 27.3 Å². The molecule has 2 atom stereocenters. The van der Waals surface area contributed by atoms with Crippen molar-refractivity contribution in [3.63, 3.8) is 0 Å². The summed E-state index contributed by atoms with van der Waals surface area (Å²) in [5, 5.41) is 0. The molecule has 2 unspecified atom stereocenters. The van der Waals surface area contributed by atoms with Crippen molar-refractivity contribution in [3.05, 3.63) is 23.3 Å². The van der Waals surface area contributed by atoms with Crippen LogP contribution in [0.15, 0.2) is 12.1 Å². The van der Waals surface area contributed by atoms with E-state index in [1.54, 1.807) is 26.4 Å². The first kappa shape index (κ1) is 16.6. The molecule has 5 nitrogen and oxygen atoms in total. The summed E-state index contributed by atoms with van der Waals surface area (Å²) < 4.78 is 10.7. The first-order valence-electron chi connectivity index (χ1n) is 7.77. The largest absolute Gasteiger partial charge is 0.496 e. The van der Waals surface area contributed by atoms with Gasteiger partial charge in [-0.25, -0.2) is 0 Å². The standard InChI is InChI=1S/C17H26N2O3/c1-11-6-5-7-19(14(11)10-18)17(20)13-8-15(21-3)12(2)16(9-13)22-4/h8-9,11,14H,5-7,10,18H2,1-4H3. The highest BCUT2D eigenvalue weighted by Crippen LogP contribution is 2.31. The third-order valence-corrected chi connectivity index (χ3v) is 4.62. The number of amides is 1. The molecule has 22 heavy (non-hydrogen) atoms. The Hall–Kier alpha value is -1.75. The van der Waals surface area contributed by atoms with Crippen LogP contribution in [0.25, 0.3) is 0 Å². The molecular weight excluding hydrogens is 280 g/mol. The van der Waals surface area contributed by atoms with Gasteiger partial charge in [-0.1, -0.05) is 6.92 Å². The zero-order valence-corrected chi connectivity index (χ0v) is 13.9. The first-order chi connectivity index (χ1) is 10.5. The molecule has 0 saturated carbocycles. The zero-order valence-electron chi connectivity index (χ0n) is 13.9. The Bertz CT molecular complexity index is 520. The molecule has 1 aromatic carbocycles. The number of hydrogen-bond acceptors (Lipinski definition) is 4. The van der Waals surface area contributed by atoms with Crippen LogP contribution in [-0.4, -0.2) is 44.2 Å². The van der Waals surface area contributed by atoms with Crippen LogP contribution in [0.3, 0.4) is 0 Å². The molecule has 0 aromatic heterocycles. The van der Waals surface area contributed by atoms with E-state index < -0.39 is 0 Å². The van der Waals surface area contributed by atoms with Gasteiger partial charge in [-0.15, -0.1) is 0 Å². The van der Waals surface area contributed by atoms with E-state index in [9.17, 15) is 4.79 Å². The zero-order chi connectivity index (χ0) is 16.3. The van der Waals surface area contributed by atoms with Gasteiger partial charge in [0.25, 0.3) is 5.91 Å². The third kappa shape index (κ3) is 3.04. The van der Waals surface area contributed by atoms with Gasteiger partial charge in [0.2, 0.25) is 0 Å². The quantitative estimate of drug-likeness (QED) is 0.926. The number of likely N-dealkylation sites (tertiary alicyclic amines) is 1.